The summed E-state index contributed by atoms with van der Waals surface area (Å²) >= 11 is 0. The molecule has 0 N–H and O–H groups in total. The summed E-state index contributed by atoms with van der Waals surface area (Å²) in [6, 6.07) is -0.509. The largest absolute Gasteiger partial charge is 0.444 e. The van der Waals surface area contributed by atoms with Gasteiger partial charge in [0.05, 0.1) is 0 Å². The molecule has 5 heteroatoms. The van der Waals surface area contributed by atoms with E-state index in [0.29, 0.717) is 12.3 Å². The fourth-order valence-corrected chi connectivity index (χ4v) is 1.62. The molecule has 0 aromatic rings. The summed E-state index contributed by atoms with van der Waals surface area (Å²) in [5.41, 5.74) is -0.564. The molecule has 1 fully saturated rings. The summed E-state index contributed by atoms with van der Waals surface area (Å²) in [5.74, 6) is -0.0276. The fourth-order valence-electron chi connectivity index (χ4n) is 1.62. The number of nitrogens with zero attached hydrogens (tertiary/aromatic N) is 1. The van der Waals surface area contributed by atoms with Crippen LogP contribution in [-0.2, 0) is 14.3 Å². The van der Waals surface area contributed by atoms with Gasteiger partial charge in [-0.25, -0.2) is 9.59 Å². The van der Waals surface area contributed by atoms with Crippen LogP contribution in [-0.4, -0.2) is 35.3 Å². The highest BCUT2D eigenvalue weighted by atomic mass is 16.6. The molecule has 1 heterocycles. The Morgan fingerprint density at radius 1 is 1.53 bits per heavy atom. The van der Waals surface area contributed by atoms with Crippen molar-refractivity contribution in [1.82, 2.24) is 4.90 Å². The maximum absolute atomic E-state index is 11.9. The second kappa shape index (κ2) is 4.94. The highest BCUT2D eigenvalue weighted by molar-refractivity contribution is 5.83. The van der Waals surface area contributed by atoms with Gasteiger partial charge in [-0.05, 0) is 33.1 Å². The van der Waals surface area contributed by atoms with Gasteiger partial charge in [0, 0.05) is 0 Å². The van der Waals surface area contributed by atoms with Crippen LogP contribution >= 0.6 is 0 Å². The molecule has 0 radical (unpaired) electrons. The number of esters is 1. The summed E-state index contributed by atoms with van der Waals surface area (Å²) in [5, 5.41) is 0. The number of rotatable bonds is 2. The van der Waals surface area contributed by atoms with E-state index in [0.717, 1.165) is 0 Å². The molecule has 1 aliphatic heterocycles. The third-order valence-corrected chi connectivity index (χ3v) is 2.32. The zero-order valence-electron chi connectivity index (χ0n) is 11.1. The third-order valence-electron chi connectivity index (χ3n) is 2.32. The van der Waals surface area contributed by atoms with E-state index in [-0.39, 0.29) is 12.7 Å². The van der Waals surface area contributed by atoms with Crippen LogP contribution in [0.25, 0.3) is 0 Å². The minimum absolute atomic E-state index is 0.00880. The van der Waals surface area contributed by atoms with Crippen LogP contribution in [0.15, 0.2) is 0 Å². The molecule has 0 aromatic heterocycles. The van der Waals surface area contributed by atoms with Crippen LogP contribution < -0.4 is 0 Å². The van der Waals surface area contributed by atoms with Crippen LogP contribution in [0.1, 0.15) is 41.0 Å². The van der Waals surface area contributed by atoms with Crippen LogP contribution in [0.5, 0.6) is 0 Å². The van der Waals surface area contributed by atoms with E-state index >= 15 is 0 Å². The van der Waals surface area contributed by atoms with Gasteiger partial charge in [-0.3, -0.25) is 4.90 Å². The Bertz CT molecular complexity index is 306. The topological polar surface area (TPSA) is 55.8 Å². The van der Waals surface area contributed by atoms with Gasteiger partial charge in [-0.1, -0.05) is 13.8 Å². The first-order chi connectivity index (χ1) is 7.70. The summed E-state index contributed by atoms with van der Waals surface area (Å²) in [4.78, 5) is 24.7. The number of carbonyl (C=O) groups excluding carboxylic acids is 2. The summed E-state index contributed by atoms with van der Waals surface area (Å²) < 4.78 is 10.1. The number of cyclic esters (lactones) is 1. The lowest BCUT2D eigenvalue weighted by molar-refractivity contribution is -0.139. The molecule has 0 aliphatic carbocycles. The van der Waals surface area contributed by atoms with E-state index < -0.39 is 17.7 Å². The van der Waals surface area contributed by atoms with E-state index in [4.69, 9.17) is 9.47 Å². The van der Waals surface area contributed by atoms with Crippen molar-refractivity contribution in [3.8, 4) is 0 Å². The van der Waals surface area contributed by atoms with Crippen LogP contribution in [0.3, 0.4) is 0 Å². The molecule has 0 saturated carbocycles. The molecule has 98 valence electrons. The van der Waals surface area contributed by atoms with Crippen molar-refractivity contribution in [2.45, 2.75) is 52.7 Å². The summed E-state index contributed by atoms with van der Waals surface area (Å²) in [6.07, 6.45) is 0.104. The smallest absolute Gasteiger partial charge is 0.413 e. The van der Waals surface area contributed by atoms with Gasteiger partial charge in [0.25, 0.3) is 0 Å². The first-order valence-corrected chi connectivity index (χ1v) is 5.87. The van der Waals surface area contributed by atoms with Gasteiger partial charge in [-0.2, -0.15) is 0 Å². The molecule has 17 heavy (non-hydrogen) atoms. The van der Waals surface area contributed by atoms with Gasteiger partial charge in [0.2, 0.25) is 0 Å². The van der Waals surface area contributed by atoms with Gasteiger partial charge >= 0.3 is 12.1 Å². The average molecular weight is 243 g/mol. The maximum atomic E-state index is 11.9. The van der Waals surface area contributed by atoms with Crippen LogP contribution in [0.2, 0.25) is 0 Å². The predicted molar refractivity (Wildman–Crippen MR) is 62.3 cm³/mol. The standard InChI is InChI=1S/C12H21NO4/c1-8(2)6-9-10(14)16-7-13(9)11(15)17-12(3,4)5/h8-9H,6-7H2,1-5H3/t9-/m0/s1. The lowest BCUT2D eigenvalue weighted by atomic mass is 10.0. The summed E-state index contributed by atoms with van der Waals surface area (Å²) in [6.45, 7) is 9.37. The SMILES string of the molecule is CC(C)C[C@H]1C(=O)OCN1C(=O)OC(C)(C)C. The minimum Gasteiger partial charge on any atom is -0.444 e. The van der Waals surface area contributed by atoms with Crippen molar-refractivity contribution in [1.29, 1.82) is 0 Å². The monoisotopic (exact) mass is 243 g/mol. The van der Waals surface area contributed by atoms with E-state index in [2.05, 4.69) is 0 Å². The Kier molecular flexibility index (Phi) is 4.01. The van der Waals surface area contributed by atoms with Gasteiger partial charge in [0.1, 0.15) is 11.6 Å². The molecule has 0 bridgehead atoms. The molecule has 1 rings (SSSR count). The quantitative estimate of drug-likeness (QED) is 0.697. The Labute approximate surface area is 102 Å². The Morgan fingerprint density at radius 2 is 2.12 bits per heavy atom. The molecule has 1 aliphatic rings. The first kappa shape index (κ1) is 13.8. The van der Waals surface area contributed by atoms with Crippen LogP contribution in [0, 0.1) is 5.92 Å². The molecule has 1 saturated heterocycles. The normalized spacial score (nSPS) is 20.7. The second-order valence-corrected chi connectivity index (χ2v) is 5.69. The lowest BCUT2D eigenvalue weighted by Crippen LogP contribution is -2.42. The number of carbonyl (C=O) groups is 2. The van der Waals surface area contributed by atoms with Crippen molar-refractivity contribution < 1.29 is 19.1 Å². The highest BCUT2D eigenvalue weighted by Crippen LogP contribution is 2.21. The van der Waals surface area contributed by atoms with E-state index in [1.165, 1.54) is 4.90 Å². The van der Waals surface area contributed by atoms with E-state index in [1.807, 2.05) is 13.8 Å². The Balaban J connectivity index is 2.69. The molecule has 0 unspecified atom stereocenters. The van der Waals surface area contributed by atoms with Crippen molar-refractivity contribution in [2.75, 3.05) is 6.73 Å². The second-order valence-electron chi connectivity index (χ2n) is 5.69. The number of amides is 1. The average Bonchev–Trinajstić information content (AvgIpc) is 2.44. The zero-order chi connectivity index (χ0) is 13.2. The molecular weight excluding hydrogens is 222 g/mol. The van der Waals surface area contributed by atoms with Crippen LogP contribution in [0.4, 0.5) is 4.79 Å². The van der Waals surface area contributed by atoms with E-state index in [1.54, 1.807) is 20.8 Å². The molecular formula is C12H21NO4. The lowest BCUT2D eigenvalue weighted by Gasteiger charge is -2.26. The van der Waals surface area contributed by atoms with Crippen molar-refractivity contribution in [2.24, 2.45) is 5.92 Å². The number of hydrogen-bond donors (Lipinski definition) is 0. The molecule has 1 atom stereocenters. The van der Waals surface area contributed by atoms with Crippen molar-refractivity contribution >= 4 is 12.1 Å². The van der Waals surface area contributed by atoms with Gasteiger partial charge in [-0.15, -0.1) is 0 Å². The van der Waals surface area contributed by atoms with Crippen molar-refractivity contribution in [3.05, 3.63) is 0 Å². The Hall–Kier alpha value is -1.26. The highest BCUT2D eigenvalue weighted by Gasteiger charge is 2.39. The zero-order valence-corrected chi connectivity index (χ0v) is 11.1. The third kappa shape index (κ3) is 3.91. The molecule has 5 nitrogen and oxygen atoms in total. The molecule has 1 amide bonds. The number of ether oxygens (including phenoxy) is 2. The van der Waals surface area contributed by atoms with Gasteiger partial charge < -0.3 is 9.47 Å². The fraction of sp³-hybridized carbons (Fsp3) is 0.833. The first-order valence-electron chi connectivity index (χ1n) is 5.87. The molecule has 0 spiro atoms. The summed E-state index contributed by atoms with van der Waals surface area (Å²) in [7, 11) is 0. The minimum atomic E-state index is -0.564. The number of hydrogen-bond acceptors (Lipinski definition) is 4. The molecule has 0 aromatic carbocycles. The van der Waals surface area contributed by atoms with E-state index in [9.17, 15) is 9.59 Å². The maximum Gasteiger partial charge on any atom is 0.413 e. The predicted octanol–water partition coefficient (Wildman–Crippen LogP) is 2.15. The van der Waals surface area contributed by atoms with Gasteiger partial charge in [0.15, 0.2) is 6.73 Å². The Morgan fingerprint density at radius 3 is 2.59 bits per heavy atom. The van der Waals surface area contributed by atoms with Crippen molar-refractivity contribution in [3.63, 3.8) is 0 Å².